The van der Waals surface area contributed by atoms with Gasteiger partial charge in [-0.3, -0.25) is 4.79 Å². The molecule has 3 aromatic heterocycles. The molecule has 0 bridgehead atoms. The zero-order chi connectivity index (χ0) is 20.0. The van der Waals surface area contributed by atoms with Crippen LogP contribution in [-0.4, -0.2) is 27.4 Å². The Hall–Kier alpha value is -2.32. The summed E-state index contributed by atoms with van der Waals surface area (Å²) in [6.07, 6.45) is 5.05. The average Bonchev–Trinajstić information content (AvgIpc) is 3.16. The van der Waals surface area contributed by atoms with Crippen molar-refractivity contribution < 1.29 is 13.6 Å². The van der Waals surface area contributed by atoms with Crippen LogP contribution in [-0.2, 0) is 0 Å². The van der Waals surface area contributed by atoms with Crippen LogP contribution in [0.15, 0.2) is 24.5 Å². The smallest absolute Gasteiger partial charge is 0.268 e. The molecular weight excluding hydrogens is 382 g/mol. The monoisotopic (exact) mass is 404 g/mol. The third-order valence-corrected chi connectivity index (χ3v) is 6.32. The maximum absolute atomic E-state index is 14.5. The Morgan fingerprint density at radius 1 is 1.21 bits per heavy atom. The van der Waals surface area contributed by atoms with E-state index in [1.807, 2.05) is 0 Å². The highest BCUT2D eigenvalue weighted by atomic mass is 32.1. The fourth-order valence-corrected chi connectivity index (χ4v) is 5.04. The van der Waals surface area contributed by atoms with E-state index >= 15 is 0 Å². The van der Waals surface area contributed by atoms with Gasteiger partial charge in [-0.1, -0.05) is 0 Å². The van der Waals surface area contributed by atoms with Crippen molar-refractivity contribution in [1.29, 1.82) is 0 Å². The summed E-state index contributed by atoms with van der Waals surface area (Å²) in [5.41, 5.74) is 1.11. The SMILES string of the molecule is Cc1cn2cc(NC(=O)c3sc(C4C[C@@H](C)N[C@@H](C)C4)cc3F)cc(F)c2n1. The molecule has 0 radical (unpaired) electrons. The second-order valence-electron chi connectivity index (χ2n) is 7.61. The summed E-state index contributed by atoms with van der Waals surface area (Å²) in [5, 5.41) is 6.07. The molecule has 1 aliphatic heterocycles. The lowest BCUT2D eigenvalue weighted by Crippen LogP contribution is -2.41. The lowest BCUT2D eigenvalue weighted by molar-refractivity contribution is 0.102. The van der Waals surface area contributed by atoms with Crippen LogP contribution in [0.4, 0.5) is 14.5 Å². The summed E-state index contributed by atoms with van der Waals surface area (Å²) in [4.78, 5) is 17.6. The van der Waals surface area contributed by atoms with Gasteiger partial charge in [0.1, 0.15) is 10.7 Å². The van der Waals surface area contributed by atoms with Crippen molar-refractivity contribution in [2.24, 2.45) is 0 Å². The Bertz CT molecular complexity index is 1030. The number of hydrogen-bond acceptors (Lipinski definition) is 4. The molecule has 4 rings (SSSR count). The molecule has 1 aliphatic rings. The second-order valence-corrected chi connectivity index (χ2v) is 8.69. The first-order valence-corrected chi connectivity index (χ1v) is 10.1. The molecule has 3 atom stereocenters. The molecule has 28 heavy (non-hydrogen) atoms. The van der Waals surface area contributed by atoms with Gasteiger partial charge in [0.25, 0.3) is 5.91 Å². The summed E-state index contributed by atoms with van der Waals surface area (Å²) in [5.74, 6) is -1.42. The maximum atomic E-state index is 14.5. The molecule has 148 valence electrons. The first-order valence-electron chi connectivity index (χ1n) is 9.31. The highest BCUT2D eigenvalue weighted by Crippen LogP contribution is 2.36. The number of thiophene rings is 1. The summed E-state index contributed by atoms with van der Waals surface area (Å²) < 4.78 is 30.2. The van der Waals surface area contributed by atoms with Gasteiger partial charge in [-0.2, -0.15) is 0 Å². The van der Waals surface area contributed by atoms with Gasteiger partial charge in [0.2, 0.25) is 0 Å². The topological polar surface area (TPSA) is 58.4 Å². The number of amides is 1. The van der Waals surface area contributed by atoms with Crippen molar-refractivity contribution in [2.45, 2.75) is 51.6 Å². The number of imidazole rings is 1. The fraction of sp³-hybridized carbons (Fsp3) is 0.400. The standard InChI is InChI=1S/C20H22F2N4OS/c1-10-4-13(5-11(2)23-10)17-7-15(21)18(28-17)20(27)25-14-6-16(22)19-24-12(3)8-26(19)9-14/h6-11,13,23H,4-5H2,1-3H3,(H,25,27)/t10-,11+,13?. The van der Waals surface area contributed by atoms with Crippen LogP contribution >= 0.6 is 11.3 Å². The summed E-state index contributed by atoms with van der Waals surface area (Å²) in [6, 6.07) is 3.37. The number of halogens is 2. The number of carbonyl (C=O) groups is 1. The molecule has 0 saturated carbocycles. The number of anilines is 1. The summed E-state index contributed by atoms with van der Waals surface area (Å²) >= 11 is 1.18. The minimum atomic E-state index is -0.570. The minimum absolute atomic E-state index is 0.0242. The van der Waals surface area contributed by atoms with Crippen LogP contribution in [0.3, 0.4) is 0 Å². The van der Waals surface area contributed by atoms with Crippen LogP contribution in [0.5, 0.6) is 0 Å². The van der Waals surface area contributed by atoms with Gasteiger partial charge in [0.05, 0.1) is 11.4 Å². The molecule has 5 nitrogen and oxygen atoms in total. The number of pyridine rings is 1. The predicted molar refractivity (Wildman–Crippen MR) is 106 cm³/mol. The van der Waals surface area contributed by atoms with Crippen molar-refractivity contribution in [1.82, 2.24) is 14.7 Å². The molecule has 1 unspecified atom stereocenters. The largest absolute Gasteiger partial charge is 0.320 e. The maximum Gasteiger partial charge on any atom is 0.268 e. The third-order valence-electron chi connectivity index (χ3n) is 5.04. The van der Waals surface area contributed by atoms with Crippen molar-refractivity contribution in [3.05, 3.63) is 51.6 Å². The number of hydrogen-bond donors (Lipinski definition) is 2. The van der Waals surface area contributed by atoms with Crippen LogP contribution in [0.1, 0.15) is 52.8 Å². The summed E-state index contributed by atoms with van der Waals surface area (Å²) in [6.45, 7) is 5.99. The Morgan fingerprint density at radius 3 is 2.64 bits per heavy atom. The van der Waals surface area contributed by atoms with E-state index in [1.165, 1.54) is 27.9 Å². The van der Waals surface area contributed by atoms with E-state index in [0.717, 1.165) is 17.7 Å². The highest BCUT2D eigenvalue weighted by Gasteiger charge is 2.28. The van der Waals surface area contributed by atoms with Crippen molar-refractivity contribution in [2.75, 3.05) is 5.32 Å². The molecule has 0 spiro atoms. The molecule has 1 fully saturated rings. The third kappa shape index (κ3) is 3.66. The van der Waals surface area contributed by atoms with Gasteiger partial charge in [-0.15, -0.1) is 11.3 Å². The van der Waals surface area contributed by atoms with Crippen LogP contribution in [0.2, 0.25) is 0 Å². The van der Waals surface area contributed by atoms with Gasteiger partial charge >= 0.3 is 0 Å². The molecule has 2 N–H and O–H groups in total. The highest BCUT2D eigenvalue weighted by molar-refractivity contribution is 7.14. The fourth-order valence-electron chi connectivity index (χ4n) is 3.98. The summed E-state index contributed by atoms with van der Waals surface area (Å²) in [7, 11) is 0. The first kappa shape index (κ1) is 19.0. The quantitative estimate of drug-likeness (QED) is 0.677. The van der Waals surface area contributed by atoms with E-state index in [0.29, 0.717) is 17.8 Å². The minimum Gasteiger partial charge on any atom is -0.320 e. The Kier molecular flexibility index (Phi) is 4.93. The Labute approximate surface area is 165 Å². The van der Waals surface area contributed by atoms with E-state index < -0.39 is 17.5 Å². The first-order chi connectivity index (χ1) is 13.3. The molecule has 1 amide bonds. The van der Waals surface area contributed by atoms with Gasteiger partial charge in [-0.05, 0) is 45.6 Å². The van der Waals surface area contributed by atoms with Gasteiger partial charge in [0.15, 0.2) is 11.5 Å². The molecule has 3 aromatic rings. The van der Waals surface area contributed by atoms with Crippen molar-refractivity contribution in [3.63, 3.8) is 0 Å². The van der Waals surface area contributed by atoms with E-state index in [4.69, 9.17) is 0 Å². The van der Waals surface area contributed by atoms with E-state index in [1.54, 1.807) is 19.3 Å². The number of nitrogens with zero attached hydrogens (tertiary/aromatic N) is 2. The van der Waals surface area contributed by atoms with Crippen LogP contribution in [0, 0.1) is 18.6 Å². The second kappa shape index (κ2) is 7.25. The van der Waals surface area contributed by atoms with Crippen molar-refractivity contribution in [3.8, 4) is 0 Å². The molecule has 0 aromatic carbocycles. The number of nitrogens with one attached hydrogen (secondary N) is 2. The zero-order valence-electron chi connectivity index (χ0n) is 15.9. The van der Waals surface area contributed by atoms with E-state index in [-0.39, 0.29) is 22.1 Å². The Balaban J connectivity index is 1.56. The van der Waals surface area contributed by atoms with Gasteiger partial charge in [0, 0.05) is 35.4 Å². The molecular formula is C20H22F2N4OS. The molecule has 1 saturated heterocycles. The zero-order valence-corrected chi connectivity index (χ0v) is 16.7. The number of piperidine rings is 1. The van der Waals surface area contributed by atoms with Crippen LogP contribution in [0.25, 0.3) is 5.65 Å². The molecule has 8 heteroatoms. The van der Waals surface area contributed by atoms with Crippen LogP contribution < -0.4 is 10.6 Å². The number of aromatic nitrogens is 2. The van der Waals surface area contributed by atoms with Gasteiger partial charge in [-0.25, -0.2) is 13.8 Å². The lowest BCUT2D eigenvalue weighted by atomic mass is 9.88. The predicted octanol–water partition coefficient (Wildman–Crippen LogP) is 4.48. The number of fused-ring (bicyclic) bond motifs is 1. The Morgan fingerprint density at radius 2 is 1.93 bits per heavy atom. The van der Waals surface area contributed by atoms with Crippen molar-refractivity contribution >= 4 is 28.6 Å². The molecule has 0 aliphatic carbocycles. The number of aryl methyl sites for hydroxylation is 1. The lowest BCUT2D eigenvalue weighted by Gasteiger charge is -2.32. The van der Waals surface area contributed by atoms with Gasteiger partial charge < -0.3 is 15.0 Å². The number of carbonyl (C=O) groups excluding carboxylic acids is 1. The van der Waals surface area contributed by atoms with E-state index in [9.17, 15) is 13.6 Å². The van der Waals surface area contributed by atoms with E-state index in [2.05, 4.69) is 29.5 Å². The normalized spacial score (nSPS) is 22.5. The average molecular weight is 404 g/mol. The number of rotatable bonds is 3. The molecule has 4 heterocycles.